The SMILES string of the molecule is CCCC1CCC(c2noc(C(N)CCSC)n2)CC1. The number of aromatic nitrogens is 2. The van der Waals surface area contributed by atoms with Gasteiger partial charge in [0.15, 0.2) is 5.82 Å². The van der Waals surface area contributed by atoms with E-state index in [1.165, 1.54) is 38.5 Å². The van der Waals surface area contributed by atoms with E-state index in [9.17, 15) is 0 Å². The first-order valence-corrected chi connectivity index (χ1v) is 9.22. The summed E-state index contributed by atoms with van der Waals surface area (Å²) in [6.07, 6.45) is 10.7. The van der Waals surface area contributed by atoms with E-state index in [2.05, 4.69) is 23.3 Å². The summed E-state index contributed by atoms with van der Waals surface area (Å²) in [6, 6.07) is -0.111. The van der Waals surface area contributed by atoms with Gasteiger partial charge in [-0.1, -0.05) is 24.9 Å². The molecule has 4 nitrogen and oxygen atoms in total. The Morgan fingerprint density at radius 2 is 2.10 bits per heavy atom. The Hall–Kier alpha value is -0.550. The maximum Gasteiger partial charge on any atom is 0.243 e. The fourth-order valence-electron chi connectivity index (χ4n) is 3.05. The minimum absolute atomic E-state index is 0.111. The second-order valence-corrected chi connectivity index (χ2v) is 6.87. The first kappa shape index (κ1) is 15.8. The number of hydrogen-bond donors (Lipinski definition) is 1. The quantitative estimate of drug-likeness (QED) is 0.827. The Morgan fingerprint density at radius 3 is 2.75 bits per heavy atom. The van der Waals surface area contributed by atoms with Gasteiger partial charge < -0.3 is 10.3 Å². The molecule has 0 bridgehead atoms. The van der Waals surface area contributed by atoms with Crippen LogP contribution in [0.25, 0.3) is 0 Å². The van der Waals surface area contributed by atoms with Crippen LogP contribution in [0.3, 0.4) is 0 Å². The lowest BCUT2D eigenvalue weighted by atomic mass is 9.80. The van der Waals surface area contributed by atoms with E-state index in [1.54, 1.807) is 11.8 Å². The lowest BCUT2D eigenvalue weighted by Gasteiger charge is -2.26. The fourth-order valence-corrected chi connectivity index (χ4v) is 3.54. The largest absolute Gasteiger partial charge is 0.338 e. The zero-order valence-corrected chi connectivity index (χ0v) is 13.5. The molecule has 0 aliphatic heterocycles. The summed E-state index contributed by atoms with van der Waals surface area (Å²) < 4.78 is 5.36. The average molecular weight is 297 g/mol. The van der Waals surface area contributed by atoms with Crippen molar-refractivity contribution in [1.82, 2.24) is 10.1 Å². The van der Waals surface area contributed by atoms with Crippen LogP contribution in [0.4, 0.5) is 0 Å². The molecular weight excluding hydrogens is 270 g/mol. The molecule has 1 aliphatic carbocycles. The molecule has 0 spiro atoms. The van der Waals surface area contributed by atoms with Gasteiger partial charge in [0.2, 0.25) is 5.89 Å². The Balaban J connectivity index is 1.86. The van der Waals surface area contributed by atoms with Gasteiger partial charge in [0, 0.05) is 5.92 Å². The fraction of sp³-hybridized carbons (Fsp3) is 0.867. The standard InChI is InChI=1S/C15H27N3OS/c1-3-4-11-5-7-12(8-6-11)14-17-15(19-18-14)13(16)9-10-20-2/h11-13H,3-10,16H2,1-2H3. The number of nitrogens with zero attached hydrogens (tertiary/aromatic N) is 2. The van der Waals surface area contributed by atoms with Crippen molar-refractivity contribution in [2.24, 2.45) is 11.7 Å². The number of nitrogens with two attached hydrogens (primary N) is 1. The summed E-state index contributed by atoms with van der Waals surface area (Å²) in [5.41, 5.74) is 6.08. The summed E-state index contributed by atoms with van der Waals surface area (Å²) >= 11 is 1.79. The highest BCUT2D eigenvalue weighted by Gasteiger charge is 2.26. The number of rotatable bonds is 7. The molecule has 1 atom stereocenters. The van der Waals surface area contributed by atoms with Crippen LogP contribution in [0.15, 0.2) is 4.52 Å². The van der Waals surface area contributed by atoms with Crippen molar-refractivity contribution >= 4 is 11.8 Å². The Morgan fingerprint density at radius 1 is 1.35 bits per heavy atom. The molecule has 5 heteroatoms. The van der Waals surface area contributed by atoms with Crippen LogP contribution >= 0.6 is 11.8 Å². The molecule has 0 aromatic carbocycles. The molecule has 20 heavy (non-hydrogen) atoms. The van der Waals surface area contributed by atoms with Crippen LogP contribution in [-0.4, -0.2) is 22.1 Å². The Labute approximate surface area is 126 Å². The summed E-state index contributed by atoms with van der Waals surface area (Å²) in [6.45, 7) is 2.27. The van der Waals surface area contributed by atoms with Gasteiger partial charge in [0.05, 0.1) is 6.04 Å². The molecule has 2 N–H and O–H groups in total. The molecule has 114 valence electrons. The summed E-state index contributed by atoms with van der Waals surface area (Å²) in [4.78, 5) is 4.55. The topological polar surface area (TPSA) is 64.9 Å². The third-order valence-corrected chi connectivity index (χ3v) is 4.96. The van der Waals surface area contributed by atoms with Gasteiger partial charge in [-0.3, -0.25) is 0 Å². The van der Waals surface area contributed by atoms with Gasteiger partial charge in [0.1, 0.15) is 0 Å². The molecule has 1 unspecified atom stereocenters. The highest BCUT2D eigenvalue weighted by Crippen LogP contribution is 2.36. The summed E-state index contributed by atoms with van der Waals surface area (Å²) in [5, 5.41) is 4.17. The molecule has 2 rings (SSSR count). The monoisotopic (exact) mass is 297 g/mol. The van der Waals surface area contributed by atoms with Crippen molar-refractivity contribution in [2.75, 3.05) is 12.0 Å². The van der Waals surface area contributed by atoms with Crippen molar-refractivity contribution in [3.05, 3.63) is 11.7 Å². The van der Waals surface area contributed by atoms with Crippen molar-refractivity contribution in [3.8, 4) is 0 Å². The van der Waals surface area contributed by atoms with Crippen molar-refractivity contribution in [2.45, 2.75) is 63.8 Å². The van der Waals surface area contributed by atoms with E-state index in [4.69, 9.17) is 10.3 Å². The van der Waals surface area contributed by atoms with Gasteiger partial charge in [-0.15, -0.1) is 0 Å². The predicted molar refractivity (Wildman–Crippen MR) is 83.8 cm³/mol. The Bertz CT molecular complexity index is 388. The molecule has 1 saturated carbocycles. The van der Waals surface area contributed by atoms with Crippen LogP contribution < -0.4 is 5.73 Å². The smallest absolute Gasteiger partial charge is 0.243 e. The lowest BCUT2D eigenvalue weighted by Crippen LogP contribution is -2.15. The molecule has 0 amide bonds. The van der Waals surface area contributed by atoms with Gasteiger partial charge in [-0.2, -0.15) is 16.7 Å². The Kier molecular flexibility index (Phi) is 6.36. The molecular formula is C15H27N3OS. The zero-order chi connectivity index (χ0) is 14.4. The van der Waals surface area contributed by atoms with Gasteiger partial charge >= 0.3 is 0 Å². The van der Waals surface area contributed by atoms with Crippen LogP contribution in [0.2, 0.25) is 0 Å². The molecule has 0 saturated heterocycles. The van der Waals surface area contributed by atoms with Crippen molar-refractivity contribution in [1.29, 1.82) is 0 Å². The normalized spacial score (nSPS) is 24.8. The highest BCUT2D eigenvalue weighted by molar-refractivity contribution is 7.98. The second-order valence-electron chi connectivity index (χ2n) is 5.89. The average Bonchev–Trinajstić information content (AvgIpc) is 2.96. The van der Waals surface area contributed by atoms with Gasteiger partial charge in [-0.25, -0.2) is 0 Å². The molecule has 1 aromatic heterocycles. The maximum atomic E-state index is 6.08. The third-order valence-electron chi connectivity index (χ3n) is 4.32. The lowest BCUT2D eigenvalue weighted by molar-refractivity contribution is 0.293. The molecule has 1 heterocycles. The summed E-state index contributed by atoms with van der Waals surface area (Å²) in [5.74, 6) is 3.92. The minimum atomic E-state index is -0.111. The highest BCUT2D eigenvalue weighted by atomic mass is 32.2. The van der Waals surface area contributed by atoms with E-state index in [-0.39, 0.29) is 6.04 Å². The van der Waals surface area contributed by atoms with Crippen molar-refractivity contribution < 1.29 is 4.52 Å². The second kappa shape index (κ2) is 8.03. The van der Waals surface area contributed by atoms with E-state index >= 15 is 0 Å². The minimum Gasteiger partial charge on any atom is -0.338 e. The van der Waals surface area contributed by atoms with Gasteiger partial charge in [0.25, 0.3) is 0 Å². The molecule has 0 radical (unpaired) electrons. The van der Waals surface area contributed by atoms with Crippen LogP contribution in [0, 0.1) is 5.92 Å². The molecule has 1 aliphatic rings. The van der Waals surface area contributed by atoms with Crippen LogP contribution in [-0.2, 0) is 0 Å². The number of hydrogen-bond acceptors (Lipinski definition) is 5. The predicted octanol–water partition coefficient (Wildman–Crippen LogP) is 3.90. The van der Waals surface area contributed by atoms with E-state index in [1.807, 2.05) is 0 Å². The molecule has 1 aromatic rings. The van der Waals surface area contributed by atoms with E-state index in [0.717, 1.165) is 23.9 Å². The summed E-state index contributed by atoms with van der Waals surface area (Å²) in [7, 11) is 0. The van der Waals surface area contributed by atoms with Crippen molar-refractivity contribution in [3.63, 3.8) is 0 Å². The van der Waals surface area contributed by atoms with Crippen LogP contribution in [0.1, 0.15) is 75.5 Å². The zero-order valence-electron chi connectivity index (χ0n) is 12.7. The number of thioether (sulfide) groups is 1. The third kappa shape index (κ3) is 4.22. The first-order valence-electron chi connectivity index (χ1n) is 7.82. The van der Waals surface area contributed by atoms with E-state index < -0.39 is 0 Å². The molecule has 1 fully saturated rings. The maximum absolute atomic E-state index is 6.08. The van der Waals surface area contributed by atoms with Crippen LogP contribution in [0.5, 0.6) is 0 Å². The van der Waals surface area contributed by atoms with E-state index in [0.29, 0.717) is 11.8 Å². The first-order chi connectivity index (χ1) is 9.74. The van der Waals surface area contributed by atoms with Gasteiger partial charge in [-0.05, 0) is 50.0 Å².